The molecular formula is C22H22N2O4. The summed E-state index contributed by atoms with van der Waals surface area (Å²) in [6, 6.07) is 18.3. The topological polar surface area (TPSA) is 69.7 Å². The number of anilines is 1. The summed E-state index contributed by atoms with van der Waals surface area (Å²) in [4.78, 5) is 26.7. The second kappa shape index (κ2) is 9.41. The molecule has 1 heterocycles. The van der Waals surface area contributed by atoms with Gasteiger partial charge in [0, 0.05) is 30.5 Å². The van der Waals surface area contributed by atoms with Crippen LogP contribution in [-0.2, 0) is 11.3 Å². The molecule has 3 rings (SSSR count). The predicted octanol–water partition coefficient (Wildman–Crippen LogP) is 4.69. The number of esters is 1. The van der Waals surface area contributed by atoms with E-state index in [0.717, 1.165) is 16.9 Å². The zero-order valence-electron chi connectivity index (χ0n) is 15.8. The van der Waals surface area contributed by atoms with Gasteiger partial charge in [-0.15, -0.1) is 0 Å². The van der Waals surface area contributed by atoms with E-state index in [-0.39, 0.29) is 12.4 Å². The van der Waals surface area contributed by atoms with Gasteiger partial charge in [0.1, 0.15) is 0 Å². The molecule has 0 amide bonds. The predicted molar refractivity (Wildman–Crippen MR) is 106 cm³/mol. The van der Waals surface area contributed by atoms with Crippen molar-refractivity contribution < 1.29 is 19.3 Å². The highest BCUT2D eigenvalue weighted by atomic mass is 17.2. The number of ether oxygens (including phenoxy) is 1. The lowest BCUT2D eigenvalue weighted by Gasteiger charge is -2.13. The van der Waals surface area contributed by atoms with Crippen LogP contribution in [0.3, 0.4) is 0 Å². The molecule has 0 aliphatic rings. The summed E-state index contributed by atoms with van der Waals surface area (Å²) in [5.41, 5.74) is 2.83. The molecule has 0 spiro atoms. The Kier molecular flexibility index (Phi) is 6.46. The van der Waals surface area contributed by atoms with Crippen LogP contribution in [0.15, 0.2) is 66.9 Å². The van der Waals surface area contributed by atoms with Crippen molar-refractivity contribution in [3.63, 3.8) is 0 Å². The molecule has 0 fully saturated rings. The molecule has 0 aliphatic carbocycles. The molecule has 28 heavy (non-hydrogen) atoms. The maximum Gasteiger partial charge on any atom is 0.311 e. The SMILES string of the molecule is CCC(=O)Oc1cc(CNc2ccnc(C)c2)ccc1OOc1ccccc1. The minimum absolute atomic E-state index is 0.262. The van der Waals surface area contributed by atoms with Crippen LogP contribution in [-0.4, -0.2) is 11.0 Å². The van der Waals surface area contributed by atoms with E-state index in [9.17, 15) is 4.79 Å². The van der Waals surface area contributed by atoms with Crippen LogP contribution in [0.2, 0.25) is 0 Å². The second-order valence-corrected chi connectivity index (χ2v) is 6.13. The first-order chi connectivity index (χ1) is 13.6. The van der Waals surface area contributed by atoms with E-state index in [4.69, 9.17) is 14.5 Å². The van der Waals surface area contributed by atoms with Crippen molar-refractivity contribution >= 4 is 11.7 Å². The first-order valence-electron chi connectivity index (χ1n) is 9.03. The summed E-state index contributed by atoms with van der Waals surface area (Å²) in [5.74, 6) is 0.843. The fourth-order valence-corrected chi connectivity index (χ4v) is 2.43. The van der Waals surface area contributed by atoms with Gasteiger partial charge in [-0.1, -0.05) is 31.2 Å². The Balaban J connectivity index is 1.73. The summed E-state index contributed by atoms with van der Waals surface area (Å²) in [7, 11) is 0. The van der Waals surface area contributed by atoms with Gasteiger partial charge in [-0.2, -0.15) is 0 Å². The molecule has 6 nitrogen and oxygen atoms in total. The number of aryl methyl sites for hydroxylation is 1. The molecule has 1 N–H and O–H groups in total. The average molecular weight is 378 g/mol. The molecule has 1 aromatic heterocycles. The van der Waals surface area contributed by atoms with Gasteiger partial charge in [-0.05, 0) is 48.9 Å². The molecular weight excluding hydrogens is 356 g/mol. The van der Waals surface area contributed by atoms with Crippen LogP contribution in [0.4, 0.5) is 5.69 Å². The fraction of sp³-hybridized carbons (Fsp3) is 0.182. The number of carbonyl (C=O) groups excluding carboxylic acids is 1. The Morgan fingerprint density at radius 1 is 1.00 bits per heavy atom. The molecule has 0 radical (unpaired) electrons. The van der Waals surface area contributed by atoms with E-state index < -0.39 is 0 Å². The van der Waals surface area contributed by atoms with E-state index in [1.54, 1.807) is 37.4 Å². The largest absolute Gasteiger partial charge is 0.422 e. The maximum absolute atomic E-state index is 11.8. The summed E-state index contributed by atoms with van der Waals surface area (Å²) in [5, 5.41) is 3.32. The third-order valence-corrected chi connectivity index (χ3v) is 3.88. The van der Waals surface area contributed by atoms with Crippen molar-refractivity contribution in [2.24, 2.45) is 0 Å². The van der Waals surface area contributed by atoms with Gasteiger partial charge in [0.05, 0.1) is 0 Å². The first kappa shape index (κ1) is 19.2. The third kappa shape index (κ3) is 5.48. The van der Waals surface area contributed by atoms with E-state index in [1.165, 1.54) is 0 Å². The van der Waals surface area contributed by atoms with E-state index in [1.807, 2.05) is 43.3 Å². The monoisotopic (exact) mass is 378 g/mol. The zero-order valence-corrected chi connectivity index (χ0v) is 15.8. The number of nitrogens with zero attached hydrogens (tertiary/aromatic N) is 1. The Morgan fingerprint density at radius 3 is 2.57 bits per heavy atom. The van der Waals surface area contributed by atoms with Crippen LogP contribution in [0.25, 0.3) is 0 Å². The number of aromatic nitrogens is 1. The molecule has 144 valence electrons. The molecule has 0 saturated carbocycles. The number of para-hydroxylation sites is 1. The average Bonchev–Trinajstić information content (AvgIpc) is 2.72. The van der Waals surface area contributed by atoms with Gasteiger partial charge in [-0.25, -0.2) is 0 Å². The lowest BCUT2D eigenvalue weighted by Crippen LogP contribution is -2.09. The number of rotatable bonds is 8. The van der Waals surface area contributed by atoms with Gasteiger partial charge in [-0.3, -0.25) is 19.6 Å². The Morgan fingerprint density at radius 2 is 1.82 bits per heavy atom. The highest BCUT2D eigenvalue weighted by Crippen LogP contribution is 2.30. The fourth-order valence-electron chi connectivity index (χ4n) is 2.43. The number of benzene rings is 2. The van der Waals surface area contributed by atoms with Crippen molar-refractivity contribution in [1.29, 1.82) is 0 Å². The molecule has 0 atom stereocenters. The third-order valence-electron chi connectivity index (χ3n) is 3.88. The summed E-state index contributed by atoms with van der Waals surface area (Å²) in [6.07, 6.45) is 2.02. The minimum Gasteiger partial charge on any atom is -0.422 e. The lowest BCUT2D eigenvalue weighted by molar-refractivity contribution is -0.135. The maximum atomic E-state index is 11.8. The van der Waals surface area contributed by atoms with Gasteiger partial charge in [0.2, 0.25) is 5.75 Å². The van der Waals surface area contributed by atoms with Crippen LogP contribution < -0.4 is 19.8 Å². The van der Waals surface area contributed by atoms with E-state index in [2.05, 4.69) is 10.3 Å². The van der Waals surface area contributed by atoms with E-state index >= 15 is 0 Å². The highest BCUT2D eigenvalue weighted by molar-refractivity contribution is 5.73. The zero-order chi connectivity index (χ0) is 19.8. The number of hydrogen-bond acceptors (Lipinski definition) is 6. The molecule has 0 unspecified atom stereocenters. The lowest BCUT2D eigenvalue weighted by atomic mass is 10.2. The molecule has 0 aliphatic heterocycles. The van der Waals surface area contributed by atoms with Crippen LogP contribution >= 0.6 is 0 Å². The van der Waals surface area contributed by atoms with Crippen molar-refractivity contribution in [2.45, 2.75) is 26.8 Å². The summed E-state index contributed by atoms with van der Waals surface area (Å²) in [6.45, 7) is 4.23. The van der Waals surface area contributed by atoms with Crippen LogP contribution in [0.1, 0.15) is 24.6 Å². The summed E-state index contributed by atoms with van der Waals surface area (Å²) >= 11 is 0. The first-order valence-corrected chi connectivity index (χ1v) is 9.03. The molecule has 6 heteroatoms. The van der Waals surface area contributed by atoms with Crippen LogP contribution in [0, 0.1) is 6.92 Å². The van der Waals surface area contributed by atoms with Gasteiger partial charge in [0.25, 0.3) is 0 Å². The molecule has 0 saturated heterocycles. The minimum atomic E-state index is -0.348. The molecule has 3 aromatic rings. The normalized spacial score (nSPS) is 10.2. The van der Waals surface area contributed by atoms with Crippen LogP contribution in [0.5, 0.6) is 17.2 Å². The van der Waals surface area contributed by atoms with Crippen molar-refractivity contribution in [3.05, 3.63) is 78.1 Å². The number of carbonyl (C=O) groups is 1. The van der Waals surface area contributed by atoms with E-state index in [0.29, 0.717) is 23.8 Å². The van der Waals surface area contributed by atoms with Gasteiger partial charge < -0.3 is 10.1 Å². The Hall–Kier alpha value is -3.54. The second-order valence-electron chi connectivity index (χ2n) is 6.13. The standard InChI is InChI=1S/C22H22N2O4/c1-3-22(25)26-21-14-17(15-24-18-11-12-23-16(2)13-18)9-10-20(21)28-27-19-7-5-4-6-8-19/h4-14H,3,15H2,1-2H3,(H,23,24). The quantitative estimate of drug-likeness (QED) is 0.265. The van der Waals surface area contributed by atoms with Crippen molar-refractivity contribution in [3.8, 4) is 17.2 Å². The Labute approximate surface area is 164 Å². The van der Waals surface area contributed by atoms with Crippen molar-refractivity contribution in [1.82, 2.24) is 4.98 Å². The number of hydrogen-bond donors (Lipinski definition) is 1. The Bertz CT molecular complexity index is 929. The molecule has 0 bridgehead atoms. The van der Waals surface area contributed by atoms with Gasteiger partial charge in [0.15, 0.2) is 11.5 Å². The smallest absolute Gasteiger partial charge is 0.311 e. The number of pyridine rings is 1. The van der Waals surface area contributed by atoms with Gasteiger partial charge >= 0.3 is 5.97 Å². The number of nitrogens with one attached hydrogen (secondary N) is 1. The summed E-state index contributed by atoms with van der Waals surface area (Å²) < 4.78 is 5.41. The van der Waals surface area contributed by atoms with Crippen molar-refractivity contribution in [2.75, 3.05) is 5.32 Å². The highest BCUT2D eigenvalue weighted by Gasteiger charge is 2.12. The molecule has 2 aromatic carbocycles.